The lowest BCUT2D eigenvalue weighted by atomic mass is 10.1. The van der Waals surface area contributed by atoms with Gasteiger partial charge in [0.2, 0.25) is 0 Å². The fourth-order valence-corrected chi connectivity index (χ4v) is 1.89. The summed E-state index contributed by atoms with van der Waals surface area (Å²) < 4.78 is 10.1. The van der Waals surface area contributed by atoms with Gasteiger partial charge in [-0.3, -0.25) is 4.79 Å². The molecule has 1 aromatic carbocycles. The van der Waals surface area contributed by atoms with Crippen LogP contribution in [-0.4, -0.2) is 19.7 Å². The van der Waals surface area contributed by atoms with E-state index in [0.29, 0.717) is 17.4 Å². The Morgan fingerprint density at radius 1 is 1.44 bits per heavy atom. The SMILES string of the molecule is CCOC(=O)Cc1cc(Cl)cc(C)c1OC. The second kappa shape index (κ2) is 5.75. The summed E-state index contributed by atoms with van der Waals surface area (Å²) in [6.07, 6.45) is 0.179. The predicted octanol–water partition coefficient (Wildman–Crippen LogP) is 2.76. The van der Waals surface area contributed by atoms with Crippen molar-refractivity contribution in [3.05, 3.63) is 28.3 Å². The van der Waals surface area contributed by atoms with Gasteiger partial charge in [-0.25, -0.2) is 0 Å². The second-order valence-corrected chi connectivity index (χ2v) is 3.83. The van der Waals surface area contributed by atoms with Gasteiger partial charge < -0.3 is 9.47 Å². The minimum absolute atomic E-state index is 0.179. The van der Waals surface area contributed by atoms with Crippen LogP contribution in [-0.2, 0) is 16.0 Å². The van der Waals surface area contributed by atoms with Gasteiger partial charge in [0.1, 0.15) is 5.75 Å². The van der Waals surface area contributed by atoms with Crippen LogP contribution >= 0.6 is 11.6 Å². The average Bonchev–Trinajstić information content (AvgIpc) is 2.17. The molecule has 4 heteroatoms. The van der Waals surface area contributed by atoms with E-state index in [9.17, 15) is 4.79 Å². The first-order chi connectivity index (χ1) is 7.58. The van der Waals surface area contributed by atoms with Crippen LogP contribution < -0.4 is 4.74 Å². The molecule has 0 fully saturated rings. The molecule has 0 aromatic heterocycles. The number of halogens is 1. The predicted molar refractivity (Wildman–Crippen MR) is 63.1 cm³/mol. The molecular weight excluding hydrogens is 228 g/mol. The van der Waals surface area contributed by atoms with Gasteiger partial charge in [0.25, 0.3) is 0 Å². The third-order valence-corrected chi connectivity index (χ3v) is 2.38. The summed E-state index contributed by atoms with van der Waals surface area (Å²) in [4.78, 5) is 11.4. The van der Waals surface area contributed by atoms with Crippen LogP contribution in [0.4, 0.5) is 0 Å². The van der Waals surface area contributed by atoms with E-state index in [1.807, 2.05) is 6.92 Å². The van der Waals surface area contributed by atoms with Crippen molar-refractivity contribution >= 4 is 17.6 Å². The first-order valence-corrected chi connectivity index (χ1v) is 5.45. The van der Waals surface area contributed by atoms with E-state index in [1.54, 1.807) is 26.2 Å². The molecule has 1 rings (SSSR count). The van der Waals surface area contributed by atoms with E-state index >= 15 is 0 Å². The Morgan fingerprint density at radius 3 is 2.69 bits per heavy atom. The first-order valence-electron chi connectivity index (χ1n) is 5.07. The van der Waals surface area contributed by atoms with Gasteiger partial charge in [0.05, 0.1) is 20.1 Å². The number of carbonyl (C=O) groups is 1. The molecule has 88 valence electrons. The van der Waals surface area contributed by atoms with Crippen molar-refractivity contribution in [2.24, 2.45) is 0 Å². The molecule has 0 aliphatic carbocycles. The molecular formula is C12H15ClO3. The highest BCUT2D eigenvalue weighted by Crippen LogP contribution is 2.28. The number of methoxy groups -OCH3 is 1. The van der Waals surface area contributed by atoms with Crippen LogP contribution in [0.2, 0.25) is 5.02 Å². The Kier molecular flexibility index (Phi) is 4.62. The molecule has 0 radical (unpaired) electrons. The highest BCUT2D eigenvalue weighted by atomic mass is 35.5. The number of benzene rings is 1. The molecule has 0 saturated carbocycles. The van der Waals surface area contributed by atoms with E-state index in [2.05, 4.69) is 0 Å². The van der Waals surface area contributed by atoms with Gasteiger partial charge >= 0.3 is 5.97 Å². The minimum Gasteiger partial charge on any atom is -0.496 e. The molecule has 16 heavy (non-hydrogen) atoms. The van der Waals surface area contributed by atoms with Crippen LogP contribution in [0.1, 0.15) is 18.1 Å². The third kappa shape index (κ3) is 3.14. The molecule has 0 spiro atoms. The maximum atomic E-state index is 11.4. The number of rotatable bonds is 4. The summed E-state index contributed by atoms with van der Waals surface area (Å²) in [7, 11) is 1.57. The summed E-state index contributed by atoms with van der Waals surface area (Å²) in [6, 6.07) is 3.53. The molecule has 0 amide bonds. The van der Waals surface area contributed by atoms with E-state index in [4.69, 9.17) is 21.1 Å². The highest BCUT2D eigenvalue weighted by Gasteiger charge is 2.12. The number of carbonyl (C=O) groups excluding carboxylic acids is 1. The van der Waals surface area contributed by atoms with Crippen molar-refractivity contribution in [2.75, 3.05) is 13.7 Å². The lowest BCUT2D eigenvalue weighted by Crippen LogP contribution is -2.09. The Bertz CT molecular complexity index is 388. The van der Waals surface area contributed by atoms with Crippen molar-refractivity contribution in [3.8, 4) is 5.75 Å². The molecule has 0 aliphatic rings. The molecule has 0 N–H and O–H groups in total. The van der Waals surface area contributed by atoms with Crippen molar-refractivity contribution in [2.45, 2.75) is 20.3 Å². The lowest BCUT2D eigenvalue weighted by Gasteiger charge is -2.11. The summed E-state index contributed by atoms with van der Waals surface area (Å²) in [5, 5.41) is 0.595. The third-order valence-electron chi connectivity index (χ3n) is 2.16. The Morgan fingerprint density at radius 2 is 2.12 bits per heavy atom. The number of esters is 1. The van der Waals surface area contributed by atoms with Crippen LogP contribution in [0.5, 0.6) is 5.75 Å². The largest absolute Gasteiger partial charge is 0.496 e. The summed E-state index contributed by atoms with van der Waals surface area (Å²) in [5.41, 5.74) is 1.67. The van der Waals surface area contributed by atoms with E-state index in [0.717, 1.165) is 11.1 Å². The topological polar surface area (TPSA) is 35.5 Å². The van der Waals surface area contributed by atoms with Crippen molar-refractivity contribution in [3.63, 3.8) is 0 Å². The van der Waals surface area contributed by atoms with Crippen molar-refractivity contribution < 1.29 is 14.3 Å². The van der Waals surface area contributed by atoms with Gasteiger partial charge in [-0.1, -0.05) is 11.6 Å². The molecule has 0 saturated heterocycles. The van der Waals surface area contributed by atoms with Gasteiger partial charge in [-0.15, -0.1) is 0 Å². The molecule has 0 unspecified atom stereocenters. The quantitative estimate of drug-likeness (QED) is 0.762. The van der Waals surface area contributed by atoms with Crippen LogP contribution in [0, 0.1) is 6.92 Å². The number of ether oxygens (including phenoxy) is 2. The molecule has 0 aliphatic heterocycles. The van der Waals surface area contributed by atoms with Crippen molar-refractivity contribution in [1.82, 2.24) is 0 Å². The van der Waals surface area contributed by atoms with E-state index < -0.39 is 0 Å². The van der Waals surface area contributed by atoms with Gasteiger partial charge in [-0.2, -0.15) is 0 Å². The Hall–Kier alpha value is -1.22. The highest BCUT2D eigenvalue weighted by molar-refractivity contribution is 6.30. The number of aryl methyl sites for hydroxylation is 1. The molecule has 0 heterocycles. The fourth-order valence-electron chi connectivity index (χ4n) is 1.59. The van der Waals surface area contributed by atoms with Crippen LogP contribution in [0.25, 0.3) is 0 Å². The maximum absolute atomic E-state index is 11.4. The van der Waals surface area contributed by atoms with Gasteiger partial charge in [-0.05, 0) is 31.5 Å². The zero-order valence-electron chi connectivity index (χ0n) is 9.67. The molecule has 1 aromatic rings. The van der Waals surface area contributed by atoms with Crippen LogP contribution in [0.3, 0.4) is 0 Å². The van der Waals surface area contributed by atoms with Crippen LogP contribution in [0.15, 0.2) is 12.1 Å². The second-order valence-electron chi connectivity index (χ2n) is 3.40. The smallest absolute Gasteiger partial charge is 0.310 e. The zero-order chi connectivity index (χ0) is 12.1. The normalized spacial score (nSPS) is 10.0. The summed E-state index contributed by atoms with van der Waals surface area (Å²) in [5.74, 6) is 0.417. The van der Waals surface area contributed by atoms with Gasteiger partial charge in [0, 0.05) is 10.6 Å². The number of hydrogen-bond acceptors (Lipinski definition) is 3. The lowest BCUT2D eigenvalue weighted by molar-refractivity contribution is -0.142. The Labute approximate surface area is 100 Å². The summed E-state index contributed by atoms with van der Waals surface area (Å²) in [6.45, 7) is 4.04. The van der Waals surface area contributed by atoms with Gasteiger partial charge in [0.15, 0.2) is 0 Å². The summed E-state index contributed by atoms with van der Waals surface area (Å²) >= 11 is 5.93. The fraction of sp³-hybridized carbons (Fsp3) is 0.417. The molecule has 3 nitrogen and oxygen atoms in total. The minimum atomic E-state index is -0.275. The first kappa shape index (κ1) is 12.8. The molecule has 0 atom stereocenters. The molecule has 0 bridgehead atoms. The Balaban J connectivity index is 2.97. The zero-order valence-corrected chi connectivity index (χ0v) is 10.4. The average molecular weight is 243 g/mol. The number of hydrogen-bond donors (Lipinski definition) is 0. The maximum Gasteiger partial charge on any atom is 0.310 e. The monoisotopic (exact) mass is 242 g/mol. The van der Waals surface area contributed by atoms with E-state index in [1.165, 1.54) is 0 Å². The standard InChI is InChI=1S/C12H15ClO3/c1-4-16-11(14)7-9-6-10(13)5-8(2)12(9)15-3/h5-6H,4,7H2,1-3H3. The van der Waals surface area contributed by atoms with E-state index in [-0.39, 0.29) is 12.4 Å². The van der Waals surface area contributed by atoms with Crippen molar-refractivity contribution in [1.29, 1.82) is 0 Å².